The molecule has 0 fully saturated rings. The van der Waals surface area contributed by atoms with Crippen LogP contribution in [0, 0.1) is 10.1 Å². The third-order valence-corrected chi connectivity index (χ3v) is 4.95. The summed E-state index contributed by atoms with van der Waals surface area (Å²) in [5.41, 5.74) is 3.56. The summed E-state index contributed by atoms with van der Waals surface area (Å²) in [7, 11) is 0. The molecule has 1 aromatic heterocycles. The number of benzene rings is 3. The zero-order valence-electron chi connectivity index (χ0n) is 14.8. The summed E-state index contributed by atoms with van der Waals surface area (Å²) in [6.07, 6.45) is 2.00. The van der Waals surface area contributed by atoms with Crippen LogP contribution in [0.15, 0.2) is 85.1 Å². The normalized spacial score (nSPS) is 13.2. The predicted octanol–water partition coefficient (Wildman–Crippen LogP) is 5.45. The summed E-state index contributed by atoms with van der Waals surface area (Å²) < 4.78 is 0. The van der Waals surface area contributed by atoms with Crippen molar-refractivity contribution in [2.45, 2.75) is 12.5 Å². The summed E-state index contributed by atoms with van der Waals surface area (Å²) >= 11 is 0. The molecule has 0 aliphatic carbocycles. The van der Waals surface area contributed by atoms with Gasteiger partial charge in [-0.1, -0.05) is 36.4 Å². The second-order valence-electron chi connectivity index (χ2n) is 6.67. The van der Waals surface area contributed by atoms with Crippen LogP contribution >= 0.6 is 0 Å². The summed E-state index contributed by atoms with van der Waals surface area (Å²) in [4.78, 5) is 14.0. The van der Waals surface area contributed by atoms with Crippen molar-refractivity contribution in [1.82, 2.24) is 4.98 Å². The average Bonchev–Trinajstić information content (AvgIpc) is 3.13. The molecule has 1 unspecified atom stereocenters. The zero-order chi connectivity index (χ0) is 18.9. The highest BCUT2D eigenvalue weighted by Crippen LogP contribution is 2.37. The minimum Gasteiger partial charge on any atom is -0.372 e. The minimum absolute atomic E-state index is 0.0831. The molecule has 3 aromatic carbocycles. The number of nitro groups is 1. The van der Waals surface area contributed by atoms with Crippen LogP contribution in [-0.2, 0) is 5.54 Å². The number of nitro benzene ring substituents is 1. The van der Waals surface area contributed by atoms with Gasteiger partial charge in [-0.2, -0.15) is 0 Å². The van der Waals surface area contributed by atoms with Gasteiger partial charge in [0.05, 0.1) is 10.5 Å². The zero-order valence-corrected chi connectivity index (χ0v) is 14.8. The molecule has 1 heterocycles. The summed E-state index contributed by atoms with van der Waals surface area (Å²) in [5.74, 6) is 0. The van der Waals surface area contributed by atoms with Gasteiger partial charge in [0.2, 0.25) is 0 Å². The SMILES string of the molecule is CC(Nc1ccccc1)(c1ccc([N+](=O)[O-])cc1)c1c[nH]c2ccccc12. The Labute approximate surface area is 156 Å². The Morgan fingerprint density at radius 2 is 1.59 bits per heavy atom. The molecule has 0 amide bonds. The number of H-pyrrole nitrogens is 1. The summed E-state index contributed by atoms with van der Waals surface area (Å²) in [5, 5.41) is 15.8. The number of hydrogen-bond acceptors (Lipinski definition) is 3. The van der Waals surface area contributed by atoms with Crippen LogP contribution in [0.5, 0.6) is 0 Å². The van der Waals surface area contributed by atoms with Gasteiger partial charge >= 0.3 is 0 Å². The molecule has 27 heavy (non-hydrogen) atoms. The van der Waals surface area contributed by atoms with Crippen molar-refractivity contribution in [1.29, 1.82) is 0 Å². The first-order valence-corrected chi connectivity index (χ1v) is 8.73. The van der Waals surface area contributed by atoms with Crippen molar-refractivity contribution in [3.63, 3.8) is 0 Å². The minimum atomic E-state index is -0.573. The van der Waals surface area contributed by atoms with Crippen molar-refractivity contribution in [2.75, 3.05) is 5.32 Å². The van der Waals surface area contributed by atoms with Crippen LogP contribution in [0.3, 0.4) is 0 Å². The molecule has 0 saturated heterocycles. The van der Waals surface area contributed by atoms with E-state index in [-0.39, 0.29) is 10.6 Å². The first-order chi connectivity index (χ1) is 13.1. The quantitative estimate of drug-likeness (QED) is 0.368. The van der Waals surface area contributed by atoms with E-state index in [9.17, 15) is 10.1 Å². The number of nitrogens with zero attached hydrogens (tertiary/aromatic N) is 1. The first kappa shape index (κ1) is 16.8. The smallest absolute Gasteiger partial charge is 0.269 e. The van der Waals surface area contributed by atoms with E-state index in [0.29, 0.717) is 0 Å². The molecule has 0 aliphatic rings. The molecule has 5 nitrogen and oxygen atoms in total. The molecule has 4 aromatic rings. The molecule has 1 atom stereocenters. The van der Waals surface area contributed by atoms with E-state index >= 15 is 0 Å². The van der Waals surface area contributed by atoms with E-state index in [0.717, 1.165) is 27.7 Å². The highest BCUT2D eigenvalue weighted by atomic mass is 16.6. The number of fused-ring (bicyclic) bond motifs is 1. The van der Waals surface area contributed by atoms with Crippen molar-refractivity contribution in [3.8, 4) is 0 Å². The van der Waals surface area contributed by atoms with Crippen LogP contribution in [0.1, 0.15) is 18.1 Å². The lowest BCUT2D eigenvalue weighted by molar-refractivity contribution is -0.384. The number of hydrogen-bond donors (Lipinski definition) is 2. The predicted molar refractivity (Wildman–Crippen MR) is 108 cm³/mol. The molecular formula is C22H19N3O2. The fourth-order valence-corrected chi connectivity index (χ4v) is 3.51. The van der Waals surface area contributed by atoms with Crippen LogP contribution in [0.25, 0.3) is 10.9 Å². The van der Waals surface area contributed by atoms with E-state index in [1.807, 2.05) is 66.9 Å². The molecule has 0 bridgehead atoms. The molecular weight excluding hydrogens is 338 g/mol. The maximum atomic E-state index is 11.0. The van der Waals surface area contributed by atoms with Gasteiger partial charge in [0, 0.05) is 40.5 Å². The average molecular weight is 357 g/mol. The number of aromatic nitrogens is 1. The van der Waals surface area contributed by atoms with E-state index in [4.69, 9.17) is 0 Å². The number of para-hydroxylation sites is 2. The van der Waals surface area contributed by atoms with E-state index < -0.39 is 5.54 Å². The largest absolute Gasteiger partial charge is 0.372 e. The van der Waals surface area contributed by atoms with Gasteiger partial charge in [-0.25, -0.2) is 0 Å². The highest BCUT2D eigenvalue weighted by molar-refractivity contribution is 5.85. The molecule has 4 rings (SSSR count). The van der Waals surface area contributed by atoms with Crippen molar-refractivity contribution in [2.24, 2.45) is 0 Å². The van der Waals surface area contributed by atoms with E-state index in [2.05, 4.69) is 23.3 Å². The van der Waals surface area contributed by atoms with Gasteiger partial charge in [-0.15, -0.1) is 0 Å². The number of non-ortho nitro benzene ring substituents is 1. The van der Waals surface area contributed by atoms with Gasteiger partial charge in [-0.3, -0.25) is 10.1 Å². The van der Waals surface area contributed by atoms with Gasteiger partial charge in [0.15, 0.2) is 0 Å². The Morgan fingerprint density at radius 3 is 2.30 bits per heavy atom. The third kappa shape index (κ3) is 3.04. The van der Waals surface area contributed by atoms with Crippen molar-refractivity contribution < 1.29 is 4.92 Å². The molecule has 0 aliphatic heterocycles. The Bertz CT molecular complexity index is 1090. The Kier molecular flexibility index (Phi) is 4.12. The second-order valence-corrected chi connectivity index (χ2v) is 6.67. The topological polar surface area (TPSA) is 71.0 Å². The third-order valence-electron chi connectivity index (χ3n) is 4.95. The van der Waals surface area contributed by atoms with Gasteiger partial charge < -0.3 is 10.3 Å². The fraction of sp³-hybridized carbons (Fsp3) is 0.0909. The van der Waals surface area contributed by atoms with Crippen LogP contribution in [0.2, 0.25) is 0 Å². The molecule has 0 spiro atoms. The highest BCUT2D eigenvalue weighted by Gasteiger charge is 2.31. The monoisotopic (exact) mass is 357 g/mol. The van der Waals surface area contributed by atoms with E-state index in [1.165, 1.54) is 0 Å². The molecule has 0 radical (unpaired) electrons. The second kappa shape index (κ2) is 6.61. The van der Waals surface area contributed by atoms with E-state index in [1.54, 1.807) is 12.1 Å². The lowest BCUT2D eigenvalue weighted by Crippen LogP contribution is -2.33. The maximum absolute atomic E-state index is 11.0. The van der Waals surface area contributed by atoms with Crippen LogP contribution < -0.4 is 5.32 Å². The standard InChI is InChI=1S/C22H19N3O2/c1-22(24-17-7-3-2-4-8-17,16-11-13-18(14-12-16)25(26)27)20-15-23-21-10-6-5-9-19(20)21/h2-15,23-24H,1H3. The van der Waals surface area contributed by atoms with Crippen LogP contribution in [-0.4, -0.2) is 9.91 Å². The molecule has 134 valence electrons. The Morgan fingerprint density at radius 1 is 0.926 bits per heavy atom. The number of nitrogens with one attached hydrogen (secondary N) is 2. The van der Waals surface area contributed by atoms with Crippen LogP contribution in [0.4, 0.5) is 11.4 Å². The van der Waals surface area contributed by atoms with Gasteiger partial charge in [0.1, 0.15) is 0 Å². The molecule has 5 heteroatoms. The van der Waals surface area contributed by atoms with Gasteiger partial charge in [-0.05, 0) is 42.8 Å². The van der Waals surface area contributed by atoms with Crippen molar-refractivity contribution >= 4 is 22.3 Å². The Balaban J connectivity index is 1.88. The number of rotatable bonds is 5. The fourth-order valence-electron chi connectivity index (χ4n) is 3.51. The number of anilines is 1. The first-order valence-electron chi connectivity index (χ1n) is 8.73. The summed E-state index contributed by atoms with van der Waals surface area (Å²) in [6, 6.07) is 24.8. The van der Waals surface area contributed by atoms with Crippen molar-refractivity contribution in [3.05, 3.63) is 106 Å². The molecule has 2 N–H and O–H groups in total. The lowest BCUT2D eigenvalue weighted by Gasteiger charge is -2.33. The molecule has 0 saturated carbocycles. The summed E-state index contributed by atoms with van der Waals surface area (Å²) in [6.45, 7) is 2.09. The lowest BCUT2D eigenvalue weighted by atomic mass is 9.84. The maximum Gasteiger partial charge on any atom is 0.269 e. The Hall–Kier alpha value is -3.60. The van der Waals surface area contributed by atoms with Gasteiger partial charge in [0.25, 0.3) is 5.69 Å². The number of aromatic amines is 1.